The smallest absolute Gasteiger partial charge is 0.234 e. The summed E-state index contributed by atoms with van der Waals surface area (Å²) in [4.78, 5) is 24.4. The Balaban J connectivity index is 1.40. The highest BCUT2D eigenvalue weighted by atomic mass is 32.1. The van der Waals surface area contributed by atoms with E-state index in [4.69, 9.17) is 15.5 Å². The largest absolute Gasteiger partial charge is 0.492 e. The van der Waals surface area contributed by atoms with Gasteiger partial charge in [0.1, 0.15) is 12.1 Å². The van der Waals surface area contributed by atoms with E-state index < -0.39 is 0 Å². The van der Waals surface area contributed by atoms with Crippen LogP contribution < -0.4 is 10.5 Å². The molecule has 1 aromatic carbocycles. The predicted molar refractivity (Wildman–Crippen MR) is 128 cm³/mol. The van der Waals surface area contributed by atoms with Crippen LogP contribution in [0.15, 0.2) is 24.5 Å². The summed E-state index contributed by atoms with van der Waals surface area (Å²) in [5, 5.41) is 5.27. The molecule has 2 aliphatic rings. The zero-order chi connectivity index (χ0) is 23.1. The number of nitrogens with zero attached hydrogens (tertiary/aromatic N) is 5. The number of carbonyl (C=O) groups is 1. The van der Waals surface area contributed by atoms with Crippen molar-refractivity contribution < 1.29 is 9.53 Å². The summed E-state index contributed by atoms with van der Waals surface area (Å²) in [5.41, 5.74) is 8.82. The van der Waals surface area contributed by atoms with Gasteiger partial charge in [-0.1, -0.05) is 6.07 Å². The molecule has 0 saturated carbocycles. The maximum atomic E-state index is 11.5. The van der Waals surface area contributed by atoms with Crippen molar-refractivity contribution in [1.82, 2.24) is 24.6 Å². The van der Waals surface area contributed by atoms with Crippen LogP contribution in [0.2, 0.25) is 0 Å². The lowest BCUT2D eigenvalue weighted by atomic mass is 9.88. The number of amides is 1. The van der Waals surface area contributed by atoms with Crippen LogP contribution in [0.3, 0.4) is 0 Å². The number of primary amides is 1. The summed E-state index contributed by atoms with van der Waals surface area (Å²) >= 11 is 1.68. The molecule has 2 aliphatic heterocycles. The van der Waals surface area contributed by atoms with E-state index in [2.05, 4.69) is 47.0 Å². The zero-order valence-electron chi connectivity index (χ0n) is 19.3. The maximum absolute atomic E-state index is 11.5. The van der Waals surface area contributed by atoms with Crippen LogP contribution in [0, 0.1) is 0 Å². The van der Waals surface area contributed by atoms with E-state index in [1.54, 1.807) is 17.7 Å². The van der Waals surface area contributed by atoms with Crippen LogP contribution in [0.4, 0.5) is 0 Å². The number of hydrogen-bond acceptors (Lipinski definition) is 7. The predicted octanol–water partition coefficient (Wildman–Crippen LogP) is 3.64. The Labute approximate surface area is 197 Å². The fourth-order valence-electron chi connectivity index (χ4n) is 4.77. The SMILES string of the molecule is CC(C(N)=O)N1CCC(c2ccc3c(c2)OCCc2sc(-c4ncnn4C(C)C)nc2-3)CC1. The molecule has 2 aromatic heterocycles. The molecular weight excluding hydrogens is 436 g/mol. The molecule has 1 fully saturated rings. The van der Waals surface area contributed by atoms with Gasteiger partial charge < -0.3 is 10.5 Å². The first kappa shape index (κ1) is 22.0. The van der Waals surface area contributed by atoms with Gasteiger partial charge >= 0.3 is 0 Å². The second kappa shape index (κ2) is 8.87. The number of fused-ring (bicyclic) bond motifs is 3. The molecule has 1 atom stereocenters. The Bertz CT molecular complexity index is 1160. The topological polar surface area (TPSA) is 99.2 Å². The van der Waals surface area contributed by atoms with E-state index in [-0.39, 0.29) is 18.0 Å². The molecule has 2 N–H and O–H groups in total. The lowest BCUT2D eigenvalue weighted by Gasteiger charge is -2.35. The lowest BCUT2D eigenvalue weighted by Crippen LogP contribution is -2.46. The molecular formula is C24H30N6O2S. The average Bonchev–Trinajstić information content (AvgIpc) is 3.43. The van der Waals surface area contributed by atoms with E-state index in [0.717, 1.165) is 60.2 Å². The summed E-state index contributed by atoms with van der Waals surface area (Å²) < 4.78 is 8.09. The quantitative estimate of drug-likeness (QED) is 0.616. The van der Waals surface area contributed by atoms with Crippen molar-refractivity contribution in [3.8, 4) is 27.8 Å². The normalized spacial score (nSPS) is 17.8. The van der Waals surface area contributed by atoms with Crippen molar-refractivity contribution in [2.24, 2.45) is 5.73 Å². The first-order chi connectivity index (χ1) is 15.9. The van der Waals surface area contributed by atoms with Crippen molar-refractivity contribution in [1.29, 1.82) is 0 Å². The number of ether oxygens (including phenoxy) is 1. The fraction of sp³-hybridized carbons (Fsp3) is 0.500. The fourth-order valence-corrected chi connectivity index (χ4v) is 5.82. The second-order valence-electron chi connectivity index (χ2n) is 9.16. The number of rotatable bonds is 5. The van der Waals surface area contributed by atoms with Crippen molar-refractivity contribution in [3.05, 3.63) is 35.0 Å². The molecule has 1 unspecified atom stereocenters. The Morgan fingerprint density at radius 2 is 2.03 bits per heavy atom. The van der Waals surface area contributed by atoms with Gasteiger partial charge in [0.2, 0.25) is 5.91 Å². The molecule has 9 heteroatoms. The van der Waals surface area contributed by atoms with Crippen LogP contribution in [-0.4, -0.2) is 56.3 Å². The minimum absolute atomic E-state index is 0.208. The van der Waals surface area contributed by atoms with Gasteiger partial charge in [-0.25, -0.2) is 14.6 Å². The Morgan fingerprint density at radius 3 is 2.76 bits per heavy atom. The highest BCUT2D eigenvalue weighted by Crippen LogP contribution is 2.42. The van der Waals surface area contributed by atoms with Gasteiger partial charge in [0.05, 0.1) is 18.3 Å². The van der Waals surface area contributed by atoms with E-state index in [1.807, 2.05) is 11.6 Å². The summed E-state index contributed by atoms with van der Waals surface area (Å²) in [7, 11) is 0. The molecule has 1 amide bonds. The van der Waals surface area contributed by atoms with Crippen molar-refractivity contribution >= 4 is 17.2 Å². The van der Waals surface area contributed by atoms with Crippen LogP contribution in [0.1, 0.15) is 56.0 Å². The summed E-state index contributed by atoms with van der Waals surface area (Å²) in [6.07, 6.45) is 4.44. The number of nitrogens with two attached hydrogens (primary N) is 1. The molecule has 0 bridgehead atoms. The second-order valence-corrected chi connectivity index (χ2v) is 10.2. The molecule has 3 aromatic rings. The van der Waals surface area contributed by atoms with Gasteiger partial charge in [0, 0.05) is 22.9 Å². The number of thiazole rings is 1. The van der Waals surface area contributed by atoms with Gasteiger partial charge in [-0.05, 0) is 70.3 Å². The Morgan fingerprint density at radius 1 is 1.24 bits per heavy atom. The van der Waals surface area contributed by atoms with Crippen molar-refractivity contribution in [2.45, 2.75) is 58.0 Å². The standard InChI is InChI=1S/C24H30N6O2S/c1-14(2)30-23(26-13-27-30)24-28-21-18-5-4-17(12-19(18)32-11-8-20(21)33-24)16-6-9-29(10-7-16)15(3)22(25)31/h4-5,12-16H,6-11H2,1-3H3,(H2,25,31). The van der Waals surface area contributed by atoms with E-state index in [1.165, 1.54) is 10.4 Å². The highest BCUT2D eigenvalue weighted by molar-refractivity contribution is 7.15. The van der Waals surface area contributed by atoms with Crippen LogP contribution >= 0.6 is 11.3 Å². The van der Waals surface area contributed by atoms with Gasteiger partial charge in [-0.15, -0.1) is 11.3 Å². The number of aromatic nitrogens is 4. The maximum Gasteiger partial charge on any atom is 0.234 e. The molecule has 1 saturated heterocycles. The highest BCUT2D eigenvalue weighted by Gasteiger charge is 2.28. The third-order valence-corrected chi connectivity index (χ3v) is 7.87. The van der Waals surface area contributed by atoms with Crippen molar-refractivity contribution in [3.63, 3.8) is 0 Å². The third-order valence-electron chi connectivity index (χ3n) is 6.76. The minimum Gasteiger partial charge on any atom is -0.492 e. The van der Waals surface area contributed by atoms with Crippen LogP contribution in [0.5, 0.6) is 5.75 Å². The molecule has 5 rings (SSSR count). The van der Waals surface area contributed by atoms with Gasteiger partial charge in [-0.3, -0.25) is 9.69 Å². The molecule has 174 valence electrons. The number of benzene rings is 1. The molecule has 0 aliphatic carbocycles. The summed E-state index contributed by atoms with van der Waals surface area (Å²) in [6.45, 7) is 8.48. The molecule has 0 radical (unpaired) electrons. The third kappa shape index (κ3) is 4.15. The minimum atomic E-state index is -0.253. The van der Waals surface area contributed by atoms with Gasteiger partial charge in [-0.2, -0.15) is 5.10 Å². The lowest BCUT2D eigenvalue weighted by molar-refractivity contribution is -0.123. The number of carbonyl (C=O) groups excluding carboxylic acids is 1. The van der Waals surface area contributed by atoms with E-state index >= 15 is 0 Å². The summed E-state index contributed by atoms with van der Waals surface area (Å²) in [6, 6.07) is 6.58. The Hall–Kier alpha value is -2.78. The molecule has 4 heterocycles. The van der Waals surface area contributed by atoms with E-state index in [9.17, 15) is 4.79 Å². The molecule has 0 spiro atoms. The van der Waals surface area contributed by atoms with E-state index in [0.29, 0.717) is 12.5 Å². The molecule has 33 heavy (non-hydrogen) atoms. The van der Waals surface area contributed by atoms with Crippen LogP contribution in [0.25, 0.3) is 22.1 Å². The van der Waals surface area contributed by atoms with Gasteiger partial charge in [0.15, 0.2) is 10.8 Å². The number of hydrogen-bond donors (Lipinski definition) is 1. The number of likely N-dealkylation sites (tertiary alicyclic amines) is 1. The first-order valence-corrected chi connectivity index (χ1v) is 12.4. The average molecular weight is 467 g/mol. The molecule has 8 nitrogen and oxygen atoms in total. The monoisotopic (exact) mass is 466 g/mol. The summed E-state index contributed by atoms with van der Waals surface area (Å²) in [5.74, 6) is 1.92. The first-order valence-electron chi connectivity index (χ1n) is 11.6. The Kier molecular flexibility index (Phi) is 5.92. The number of piperidine rings is 1. The van der Waals surface area contributed by atoms with Gasteiger partial charge in [0.25, 0.3) is 0 Å². The van der Waals surface area contributed by atoms with Crippen LogP contribution in [-0.2, 0) is 11.2 Å². The zero-order valence-corrected chi connectivity index (χ0v) is 20.1. The van der Waals surface area contributed by atoms with Crippen molar-refractivity contribution in [2.75, 3.05) is 19.7 Å².